The second kappa shape index (κ2) is 28.2. The third-order valence-corrected chi connectivity index (χ3v) is 7.94. The van der Waals surface area contributed by atoms with Crippen LogP contribution in [0.4, 0.5) is 0 Å². The van der Waals surface area contributed by atoms with E-state index in [0.29, 0.717) is 18.2 Å². The van der Waals surface area contributed by atoms with Crippen molar-refractivity contribution in [2.45, 2.75) is 51.4 Å². The molecule has 25 nitrogen and oxygen atoms in total. The molecular weight excluding hydrogens is 820 g/mol. The quantitative estimate of drug-likeness (QED) is 0.0401. The average Bonchev–Trinajstić information content (AvgIpc) is 3.93. The van der Waals surface area contributed by atoms with Gasteiger partial charge in [0.2, 0.25) is 11.8 Å². The van der Waals surface area contributed by atoms with Crippen LogP contribution >= 0.6 is 0 Å². The van der Waals surface area contributed by atoms with Crippen molar-refractivity contribution in [1.29, 1.82) is 0 Å². The predicted octanol–water partition coefficient (Wildman–Crippen LogP) is -3.10. The number of hydrogen-bond acceptors (Lipinski definition) is 18. The van der Waals surface area contributed by atoms with Crippen LogP contribution in [0.5, 0.6) is 0 Å². The molecule has 336 valence electrons. The van der Waals surface area contributed by atoms with Crippen molar-refractivity contribution in [2.75, 3.05) is 79.0 Å². The first-order valence-electron chi connectivity index (χ1n) is 18.8. The SMILES string of the molecule is O=C(CCN1C(=O)C=CC1=O)NCCOCCOCCC(=O)ON1C(=O)CCC1=O.O=C(O)CCOCCOCCNC(=O)CCN1C(=O)C=CC1=O.O=C1CCC(=O)N1O. The van der Waals surface area contributed by atoms with Gasteiger partial charge in [0.15, 0.2) is 0 Å². The number of hydroxylamine groups is 4. The normalized spacial score (nSPS) is 15.7. The van der Waals surface area contributed by atoms with Crippen LogP contribution in [0.2, 0.25) is 0 Å². The summed E-state index contributed by atoms with van der Waals surface area (Å²) in [7, 11) is 0. The maximum atomic E-state index is 11.7. The van der Waals surface area contributed by atoms with E-state index in [-0.39, 0.29) is 134 Å². The Morgan fingerprint density at radius 3 is 1.23 bits per heavy atom. The smallest absolute Gasteiger partial charge is 0.335 e. The largest absolute Gasteiger partial charge is 0.481 e. The molecule has 0 aromatic rings. The first-order chi connectivity index (χ1) is 29.1. The third kappa shape index (κ3) is 20.5. The molecule has 0 aliphatic carbocycles. The summed E-state index contributed by atoms with van der Waals surface area (Å²) in [4.78, 5) is 140. The Hall–Kier alpha value is -6.28. The molecule has 0 bridgehead atoms. The van der Waals surface area contributed by atoms with Crippen LogP contribution < -0.4 is 10.6 Å². The molecule has 4 aliphatic heterocycles. The number of hydrogen-bond donors (Lipinski definition) is 4. The number of amides is 10. The molecule has 0 unspecified atom stereocenters. The Morgan fingerprint density at radius 1 is 0.508 bits per heavy atom. The van der Waals surface area contributed by atoms with Gasteiger partial charge in [-0.05, 0) is 0 Å². The number of nitrogens with one attached hydrogen (secondary N) is 2. The molecule has 2 saturated heterocycles. The molecule has 0 aromatic carbocycles. The van der Waals surface area contributed by atoms with Gasteiger partial charge in [-0.1, -0.05) is 0 Å². The summed E-state index contributed by atoms with van der Waals surface area (Å²) in [6.07, 6.45) is 4.92. The number of rotatable bonds is 25. The van der Waals surface area contributed by atoms with Crippen molar-refractivity contribution >= 4 is 71.0 Å². The van der Waals surface area contributed by atoms with Gasteiger partial charge in [0.05, 0.1) is 65.7 Å². The van der Waals surface area contributed by atoms with E-state index >= 15 is 0 Å². The summed E-state index contributed by atoms with van der Waals surface area (Å²) in [6.45, 7) is 2.35. The summed E-state index contributed by atoms with van der Waals surface area (Å²) in [5, 5.41) is 22.6. The van der Waals surface area contributed by atoms with E-state index in [1.807, 2.05) is 0 Å². The summed E-state index contributed by atoms with van der Waals surface area (Å²) in [5.41, 5.74) is 0. The summed E-state index contributed by atoms with van der Waals surface area (Å²) >= 11 is 0. The lowest BCUT2D eigenvalue weighted by atomic mass is 10.3. The molecule has 2 fully saturated rings. The van der Waals surface area contributed by atoms with Crippen LogP contribution in [0, 0.1) is 0 Å². The van der Waals surface area contributed by atoms with Gasteiger partial charge in [0, 0.05) is 89.0 Å². The van der Waals surface area contributed by atoms with Gasteiger partial charge in [0.1, 0.15) is 0 Å². The third-order valence-electron chi connectivity index (χ3n) is 7.94. The second-order valence-corrected chi connectivity index (χ2v) is 12.5. The van der Waals surface area contributed by atoms with Crippen molar-refractivity contribution in [3.8, 4) is 0 Å². The summed E-state index contributed by atoms with van der Waals surface area (Å²) in [6, 6.07) is 0. The monoisotopic (exact) mass is 868 g/mol. The Bertz CT molecular complexity index is 1630. The molecule has 0 spiro atoms. The molecule has 4 N–H and O–H groups in total. The van der Waals surface area contributed by atoms with Gasteiger partial charge in [-0.25, -0.2) is 4.79 Å². The molecule has 25 heteroatoms. The number of carboxylic acids is 1. The molecule has 10 amide bonds. The number of carboxylic acid groups (broad SMARTS) is 1. The lowest BCUT2D eigenvalue weighted by Gasteiger charge is -2.13. The van der Waals surface area contributed by atoms with Gasteiger partial charge in [-0.15, -0.1) is 5.06 Å². The zero-order valence-electron chi connectivity index (χ0n) is 33.1. The highest BCUT2D eigenvalue weighted by Crippen LogP contribution is 2.12. The van der Waals surface area contributed by atoms with E-state index in [2.05, 4.69) is 15.5 Å². The van der Waals surface area contributed by atoms with Gasteiger partial charge >= 0.3 is 11.9 Å². The molecule has 61 heavy (non-hydrogen) atoms. The van der Waals surface area contributed by atoms with Crippen molar-refractivity contribution in [2.24, 2.45) is 0 Å². The summed E-state index contributed by atoms with van der Waals surface area (Å²) in [5.74, 6) is -6.00. The van der Waals surface area contributed by atoms with Crippen LogP contribution in [-0.2, 0) is 81.3 Å². The van der Waals surface area contributed by atoms with Crippen molar-refractivity contribution in [3.63, 3.8) is 0 Å². The van der Waals surface area contributed by atoms with E-state index in [0.717, 1.165) is 22.0 Å². The highest BCUT2D eigenvalue weighted by atomic mass is 16.7. The average molecular weight is 869 g/mol. The molecular formula is C36H48N6O19. The Balaban J connectivity index is 0.000000363. The van der Waals surface area contributed by atoms with Crippen LogP contribution in [0.25, 0.3) is 0 Å². The molecule has 4 heterocycles. The van der Waals surface area contributed by atoms with Gasteiger partial charge in [-0.3, -0.25) is 67.7 Å². The van der Waals surface area contributed by atoms with Crippen molar-refractivity contribution in [1.82, 2.24) is 30.6 Å². The Morgan fingerprint density at radius 2 is 0.869 bits per heavy atom. The fourth-order valence-electron chi connectivity index (χ4n) is 4.76. The Labute approximate surface area is 347 Å². The molecule has 0 radical (unpaired) electrons. The molecule has 0 aromatic heterocycles. The molecule has 0 atom stereocenters. The Kier molecular flexibility index (Phi) is 23.5. The van der Waals surface area contributed by atoms with Crippen LogP contribution in [0.15, 0.2) is 24.3 Å². The van der Waals surface area contributed by atoms with E-state index in [9.17, 15) is 57.5 Å². The van der Waals surface area contributed by atoms with E-state index in [1.165, 1.54) is 12.2 Å². The number of ether oxygens (including phenoxy) is 4. The zero-order chi connectivity index (χ0) is 45.2. The minimum atomic E-state index is -0.915. The maximum absolute atomic E-state index is 11.7. The van der Waals surface area contributed by atoms with Crippen molar-refractivity contribution < 1.29 is 91.6 Å². The topological polar surface area (TPSA) is 328 Å². The second-order valence-electron chi connectivity index (χ2n) is 12.5. The first kappa shape index (κ1) is 50.9. The highest BCUT2D eigenvalue weighted by molar-refractivity contribution is 6.13. The number of aliphatic carboxylic acids is 1. The standard InChI is InChI=1S/C18H23N3O9.C14H20N2O7.C4H5NO3/c22-13(5-8-20-14(23)1-2-15(20)24)19-7-10-29-12-11-28-9-6-18(27)30-21-16(25)3-4-17(21)26;17-11(3-6-16-12(18)1-2-13(16)19)15-5-8-23-10-9-22-7-4-14(20)21;6-3-1-2-4(7)5(3)8/h1-2H,3-12H2,(H,19,22);1-2H,3-10H2,(H,15,17)(H,20,21);8H,1-2H2. The van der Waals surface area contributed by atoms with Gasteiger partial charge < -0.3 is 39.5 Å². The lowest BCUT2D eigenvalue weighted by molar-refractivity contribution is -0.198. The van der Waals surface area contributed by atoms with Crippen LogP contribution in [0.3, 0.4) is 0 Å². The minimum absolute atomic E-state index is 0.00694. The number of carbonyl (C=O) groups excluding carboxylic acids is 11. The van der Waals surface area contributed by atoms with E-state index in [4.69, 9.17) is 29.3 Å². The fourth-order valence-corrected chi connectivity index (χ4v) is 4.76. The zero-order valence-corrected chi connectivity index (χ0v) is 33.1. The molecule has 4 rings (SSSR count). The number of imide groups is 4. The lowest BCUT2D eigenvalue weighted by Crippen LogP contribution is -2.35. The maximum Gasteiger partial charge on any atom is 0.335 e. The van der Waals surface area contributed by atoms with Crippen LogP contribution in [-0.4, -0.2) is 180 Å². The highest BCUT2D eigenvalue weighted by Gasteiger charge is 2.33. The van der Waals surface area contributed by atoms with Crippen molar-refractivity contribution in [3.05, 3.63) is 24.3 Å². The molecule has 4 aliphatic rings. The fraction of sp³-hybridized carbons (Fsp3) is 0.556. The van der Waals surface area contributed by atoms with E-state index < -0.39 is 59.2 Å². The number of carbonyl (C=O) groups is 12. The van der Waals surface area contributed by atoms with E-state index in [1.54, 1.807) is 0 Å². The minimum Gasteiger partial charge on any atom is -0.481 e. The number of nitrogens with zero attached hydrogens (tertiary/aromatic N) is 4. The van der Waals surface area contributed by atoms with Crippen LogP contribution in [0.1, 0.15) is 51.4 Å². The van der Waals surface area contributed by atoms with Gasteiger partial charge in [-0.2, -0.15) is 5.06 Å². The van der Waals surface area contributed by atoms with Gasteiger partial charge in [0.25, 0.3) is 47.3 Å². The molecule has 0 saturated carbocycles. The predicted molar refractivity (Wildman–Crippen MR) is 197 cm³/mol. The first-order valence-corrected chi connectivity index (χ1v) is 18.8. The summed E-state index contributed by atoms with van der Waals surface area (Å²) < 4.78 is 20.7.